The number of hydrogen-bond acceptors (Lipinski definition) is 4. The summed E-state index contributed by atoms with van der Waals surface area (Å²) in [7, 11) is -3.56. The predicted octanol–water partition coefficient (Wildman–Crippen LogP) is 1.35. The number of Topliss-reactive ketones (excluding diaryl/α,β-unsaturated/α-hetero) is 1. The standard InChI is InChI=1S/C13H16N2O3S/c1-3-13(16)10(2)15-19(17,18)9-12-6-4-11(8-14)5-7-12/h4-7,10,15H,3,9H2,1-2H3. The van der Waals surface area contributed by atoms with Gasteiger partial charge in [-0.05, 0) is 24.6 Å². The van der Waals surface area contributed by atoms with E-state index in [0.717, 1.165) is 0 Å². The number of nitrogens with one attached hydrogen (secondary N) is 1. The van der Waals surface area contributed by atoms with Gasteiger partial charge < -0.3 is 0 Å². The molecule has 0 spiro atoms. The minimum Gasteiger partial charge on any atom is -0.298 e. The van der Waals surface area contributed by atoms with E-state index in [9.17, 15) is 13.2 Å². The van der Waals surface area contributed by atoms with Crippen LogP contribution in [-0.4, -0.2) is 20.2 Å². The number of nitrogens with zero attached hydrogens (tertiary/aromatic N) is 1. The molecule has 1 aromatic carbocycles. The van der Waals surface area contributed by atoms with Crippen molar-refractivity contribution in [2.75, 3.05) is 0 Å². The molecule has 0 saturated heterocycles. The molecule has 0 amide bonds. The van der Waals surface area contributed by atoms with Gasteiger partial charge in [0, 0.05) is 6.42 Å². The number of carbonyl (C=O) groups excluding carboxylic acids is 1. The maximum Gasteiger partial charge on any atom is 0.216 e. The first-order valence-electron chi connectivity index (χ1n) is 5.89. The number of hydrogen-bond donors (Lipinski definition) is 1. The molecule has 1 atom stereocenters. The number of ketones is 1. The van der Waals surface area contributed by atoms with Gasteiger partial charge in [-0.3, -0.25) is 4.79 Å². The molecule has 0 aromatic heterocycles. The molecule has 6 heteroatoms. The van der Waals surface area contributed by atoms with E-state index in [2.05, 4.69) is 4.72 Å². The number of nitriles is 1. The van der Waals surface area contributed by atoms with E-state index in [1.165, 1.54) is 6.92 Å². The van der Waals surface area contributed by atoms with Gasteiger partial charge in [-0.2, -0.15) is 5.26 Å². The maximum atomic E-state index is 11.9. The average molecular weight is 280 g/mol. The maximum absolute atomic E-state index is 11.9. The third-order valence-corrected chi connectivity index (χ3v) is 4.05. The SMILES string of the molecule is CCC(=O)C(C)NS(=O)(=O)Cc1ccc(C#N)cc1. The van der Waals surface area contributed by atoms with Crippen LogP contribution in [0.2, 0.25) is 0 Å². The topological polar surface area (TPSA) is 87.0 Å². The zero-order valence-corrected chi connectivity index (χ0v) is 11.7. The Balaban J connectivity index is 2.74. The number of carbonyl (C=O) groups is 1. The normalized spacial score (nSPS) is 12.7. The Morgan fingerprint density at radius 3 is 2.42 bits per heavy atom. The van der Waals surface area contributed by atoms with Crippen LogP contribution in [0, 0.1) is 11.3 Å². The first-order chi connectivity index (χ1) is 8.88. The van der Waals surface area contributed by atoms with Gasteiger partial charge in [-0.25, -0.2) is 13.1 Å². The second kappa shape index (κ2) is 6.45. The molecule has 1 aromatic rings. The molecule has 0 heterocycles. The molecular weight excluding hydrogens is 264 g/mol. The Labute approximate surface area is 113 Å². The van der Waals surface area contributed by atoms with Crippen LogP contribution >= 0.6 is 0 Å². The highest BCUT2D eigenvalue weighted by atomic mass is 32.2. The summed E-state index contributed by atoms with van der Waals surface area (Å²) in [6.45, 7) is 3.22. The Kier molecular flexibility index (Phi) is 5.21. The molecule has 0 aliphatic heterocycles. The van der Waals surface area contributed by atoms with Gasteiger partial charge in [0.25, 0.3) is 0 Å². The van der Waals surface area contributed by atoms with Crippen molar-refractivity contribution in [3.63, 3.8) is 0 Å². The van der Waals surface area contributed by atoms with Gasteiger partial charge in [-0.1, -0.05) is 19.1 Å². The van der Waals surface area contributed by atoms with Crippen molar-refractivity contribution in [1.29, 1.82) is 5.26 Å². The summed E-state index contributed by atoms with van der Waals surface area (Å²) in [6.07, 6.45) is 0.292. The zero-order valence-electron chi connectivity index (χ0n) is 10.9. The number of rotatable bonds is 6. The third kappa shape index (κ3) is 4.81. The molecule has 0 aliphatic rings. The van der Waals surface area contributed by atoms with Gasteiger partial charge in [-0.15, -0.1) is 0 Å². The Morgan fingerprint density at radius 1 is 1.37 bits per heavy atom. The van der Waals surface area contributed by atoms with Crippen LogP contribution in [0.3, 0.4) is 0 Å². The van der Waals surface area contributed by atoms with Gasteiger partial charge in [0.2, 0.25) is 10.0 Å². The molecule has 0 bridgehead atoms. The van der Waals surface area contributed by atoms with Crippen LogP contribution in [-0.2, 0) is 20.6 Å². The molecule has 19 heavy (non-hydrogen) atoms. The van der Waals surface area contributed by atoms with Gasteiger partial charge in [0.1, 0.15) is 5.78 Å². The largest absolute Gasteiger partial charge is 0.298 e. The van der Waals surface area contributed by atoms with Crippen LogP contribution in [0.5, 0.6) is 0 Å². The summed E-state index contributed by atoms with van der Waals surface area (Å²) < 4.78 is 26.1. The number of benzene rings is 1. The van der Waals surface area contributed by atoms with Crippen molar-refractivity contribution in [3.8, 4) is 6.07 Å². The smallest absolute Gasteiger partial charge is 0.216 e. The molecule has 0 saturated carbocycles. The average Bonchev–Trinajstić information content (AvgIpc) is 2.37. The van der Waals surface area contributed by atoms with Crippen LogP contribution < -0.4 is 4.72 Å². The molecule has 0 radical (unpaired) electrons. The van der Waals surface area contributed by atoms with E-state index in [4.69, 9.17) is 5.26 Å². The Hall–Kier alpha value is -1.71. The first kappa shape index (κ1) is 15.3. The van der Waals surface area contributed by atoms with Gasteiger partial charge in [0.15, 0.2) is 0 Å². The van der Waals surface area contributed by atoms with E-state index in [1.807, 2.05) is 6.07 Å². The monoisotopic (exact) mass is 280 g/mol. The number of sulfonamides is 1. The van der Waals surface area contributed by atoms with E-state index in [0.29, 0.717) is 17.5 Å². The fourth-order valence-corrected chi connectivity index (χ4v) is 2.96. The lowest BCUT2D eigenvalue weighted by Gasteiger charge is -2.12. The molecule has 1 unspecified atom stereocenters. The van der Waals surface area contributed by atoms with Gasteiger partial charge >= 0.3 is 0 Å². The van der Waals surface area contributed by atoms with Crippen LogP contribution in [0.15, 0.2) is 24.3 Å². The van der Waals surface area contributed by atoms with Crippen molar-refractivity contribution >= 4 is 15.8 Å². The molecule has 1 N–H and O–H groups in total. The van der Waals surface area contributed by atoms with Gasteiger partial charge in [0.05, 0.1) is 23.4 Å². The molecule has 0 aliphatic carbocycles. The van der Waals surface area contributed by atoms with Crippen molar-refractivity contribution < 1.29 is 13.2 Å². The van der Waals surface area contributed by atoms with E-state index >= 15 is 0 Å². The summed E-state index contributed by atoms with van der Waals surface area (Å²) in [4.78, 5) is 11.4. The third-order valence-electron chi connectivity index (χ3n) is 2.63. The molecule has 5 nitrogen and oxygen atoms in total. The Bertz CT molecular complexity index is 585. The minimum absolute atomic E-state index is 0.150. The highest BCUT2D eigenvalue weighted by molar-refractivity contribution is 7.88. The summed E-state index contributed by atoms with van der Waals surface area (Å²) in [5.41, 5.74) is 1.05. The predicted molar refractivity (Wildman–Crippen MR) is 71.7 cm³/mol. The lowest BCUT2D eigenvalue weighted by Crippen LogP contribution is -2.38. The quantitative estimate of drug-likeness (QED) is 0.852. The fourth-order valence-electron chi connectivity index (χ4n) is 1.58. The fraction of sp³-hybridized carbons (Fsp3) is 0.385. The second-order valence-electron chi connectivity index (χ2n) is 4.23. The van der Waals surface area contributed by atoms with E-state index in [-0.39, 0.29) is 11.5 Å². The zero-order chi connectivity index (χ0) is 14.5. The van der Waals surface area contributed by atoms with Crippen LogP contribution in [0.4, 0.5) is 0 Å². The highest BCUT2D eigenvalue weighted by Gasteiger charge is 2.19. The van der Waals surface area contributed by atoms with Crippen molar-refractivity contribution in [2.24, 2.45) is 0 Å². The lowest BCUT2D eigenvalue weighted by molar-refractivity contribution is -0.119. The van der Waals surface area contributed by atoms with Crippen molar-refractivity contribution in [3.05, 3.63) is 35.4 Å². The summed E-state index contributed by atoms with van der Waals surface area (Å²) >= 11 is 0. The first-order valence-corrected chi connectivity index (χ1v) is 7.55. The van der Waals surface area contributed by atoms with E-state index in [1.54, 1.807) is 31.2 Å². The summed E-state index contributed by atoms with van der Waals surface area (Å²) in [5, 5.41) is 8.65. The Morgan fingerprint density at radius 2 is 1.95 bits per heavy atom. The van der Waals surface area contributed by atoms with Crippen LogP contribution in [0.1, 0.15) is 31.4 Å². The lowest BCUT2D eigenvalue weighted by atomic mass is 10.2. The van der Waals surface area contributed by atoms with Crippen LogP contribution in [0.25, 0.3) is 0 Å². The minimum atomic E-state index is -3.56. The summed E-state index contributed by atoms with van der Waals surface area (Å²) in [5.74, 6) is -0.358. The van der Waals surface area contributed by atoms with Crippen molar-refractivity contribution in [2.45, 2.75) is 32.1 Å². The highest BCUT2D eigenvalue weighted by Crippen LogP contribution is 2.08. The second-order valence-corrected chi connectivity index (χ2v) is 5.98. The summed E-state index contributed by atoms with van der Waals surface area (Å²) in [6, 6.07) is 7.54. The van der Waals surface area contributed by atoms with E-state index < -0.39 is 16.1 Å². The molecule has 102 valence electrons. The van der Waals surface area contributed by atoms with Crippen molar-refractivity contribution in [1.82, 2.24) is 4.72 Å². The molecule has 1 rings (SSSR count). The molecule has 0 fully saturated rings. The molecular formula is C13H16N2O3S.